The maximum atomic E-state index is 14.0. The molecular weight excluding hydrogens is 373 g/mol. The Morgan fingerprint density at radius 1 is 1.43 bits per heavy atom. The summed E-state index contributed by atoms with van der Waals surface area (Å²) in [5.41, 5.74) is 1.77. The average molecular weight is 391 g/mol. The Kier molecular flexibility index (Phi) is 6.23. The van der Waals surface area contributed by atoms with Crippen LogP contribution in [0, 0.1) is 12.7 Å². The maximum absolute atomic E-state index is 14.0. The van der Waals surface area contributed by atoms with Crippen molar-refractivity contribution >= 4 is 38.9 Å². The van der Waals surface area contributed by atoms with Crippen LogP contribution in [0.15, 0.2) is 28.1 Å². The van der Waals surface area contributed by atoms with Gasteiger partial charge in [-0.2, -0.15) is 0 Å². The van der Waals surface area contributed by atoms with Crippen molar-refractivity contribution in [2.45, 2.75) is 32.7 Å². The molecule has 21 heavy (non-hydrogen) atoms. The second-order valence-corrected chi connectivity index (χ2v) is 7.25. The third-order valence-corrected chi connectivity index (χ3v) is 5.64. The maximum Gasteiger partial charge on any atom is 0.126 e. The van der Waals surface area contributed by atoms with Gasteiger partial charge in [0.1, 0.15) is 5.82 Å². The Morgan fingerprint density at radius 3 is 2.81 bits per heavy atom. The monoisotopic (exact) mass is 389 g/mol. The number of halogens is 3. The molecule has 0 aliphatic rings. The van der Waals surface area contributed by atoms with Gasteiger partial charge >= 0.3 is 0 Å². The molecule has 5 heteroatoms. The van der Waals surface area contributed by atoms with Crippen molar-refractivity contribution in [2.75, 3.05) is 6.54 Å². The fourth-order valence-corrected chi connectivity index (χ4v) is 3.99. The number of aryl methyl sites for hydroxylation is 1. The van der Waals surface area contributed by atoms with Crippen molar-refractivity contribution in [1.29, 1.82) is 0 Å². The van der Waals surface area contributed by atoms with Crippen molar-refractivity contribution in [2.24, 2.45) is 0 Å². The molecule has 1 unspecified atom stereocenters. The highest BCUT2D eigenvalue weighted by Crippen LogP contribution is 2.34. The number of hydrogen-bond donors (Lipinski definition) is 1. The molecular formula is C16H18BrClFNS. The van der Waals surface area contributed by atoms with Crippen molar-refractivity contribution in [3.05, 3.63) is 54.9 Å². The van der Waals surface area contributed by atoms with E-state index in [9.17, 15) is 4.39 Å². The molecule has 1 aromatic heterocycles. The van der Waals surface area contributed by atoms with E-state index in [0.717, 1.165) is 32.9 Å². The summed E-state index contributed by atoms with van der Waals surface area (Å²) in [5.74, 6) is -0.175. The Bertz CT molecular complexity index is 614. The second kappa shape index (κ2) is 7.73. The predicted molar refractivity (Wildman–Crippen MR) is 92.9 cm³/mol. The highest BCUT2D eigenvalue weighted by atomic mass is 79.9. The summed E-state index contributed by atoms with van der Waals surface area (Å²) in [6.07, 6.45) is 1.62. The second-order valence-electron chi connectivity index (χ2n) is 5.04. The predicted octanol–water partition coefficient (Wildman–Crippen LogP) is 5.89. The lowest BCUT2D eigenvalue weighted by atomic mass is 10.0. The van der Waals surface area contributed by atoms with Crippen LogP contribution in [0.4, 0.5) is 4.39 Å². The quantitative estimate of drug-likeness (QED) is 0.648. The smallest absolute Gasteiger partial charge is 0.126 e. The van der Waals surface area contributed by atoms with Gasteiger partial charge in [0.2, 0.25) is 0 Å². The van der Waals surface area contributed by atoms with E-state index in [1.807, 2.05) is 13.0 Å². The molecule has 0 amide bonds. The van der Waals surface area contributed by atoms with Gasteiger partial charge in [-0.1, -0.05) is 34.5 Å². The van der Waals surface area contributed by atoms with Crippen LogP contribution in [0.3, 0.4) is 0 Å². The minimum atomic E-state index is -0.175. The molecule has 0 aliphatic heterocycles. The molecule has 0 fully saturated rings. The van der Waals surface area contributed by atoms with Gasteiger partial charge in [-0.3, -0.25) is 0 Å². The molecule has 1 aromatic carbocycles. The van der Waals surface area contributed by atoms with Crippen LogP contribution < -0.4 is 5.32 Å². The number of hydrogen-bond acceptors (Lipinski definition) is 2. The van der Waals surface area contributed by atoms with Crippen LogP contribution in [0.1, 0.15) is 35.4 Å². The molecule has 114 valence electrons. The SMILES string of the molecule is CCCNC(Cc1cc(Br)ccc1F)c1scc(C)c1Cl. The Balaban J connectivity index is 2.28. The van der Waals surface area contributed by atoms with Gasteiger partial charge in [-0.05, 0) is 61.0 Å². The largest absolute Gasteiger partial charge is 0.309 e. The first kappa shape index (κ1) is 16.9. The zero-order valence-electron chi connectivity index (χ0n) is 12.1. The Labute approximate surface area is 142 Å². The third-order valence-electron chi connectivity index (χ3n) is 3.31. The van der Waals surface area contributed by atoms with E-state index in [0.29, 0.717) is 12.0 Å². The summed E-state index contributed by atoms with van der Waals surface area (Å²) in [7, 11) is 0. The van der Waals surface area contributed by atoms with Crippen molar-refractivity contribution < 1.29 is 4.39 Å². The molecule has 0 radical (unpaired) electrons. The summed E-state index contributed by atoms with van der Waals surface area (Å²) in [5, 5.41) is 6.33. The molecule has 0 aliphatic carbocycles. The minimum Gasteiger partial charge on any atom is -0.309 e. The fraction of sp³-hybridized carbons (Fsp3) is 0.375. The van der Waals surface area contributed by atoms with Crippen molar-refractivity contribution in [1.82, 2.24) is 5.32 Å². The lowest BCUT2D eigenvalue weighted by Crippen LogP contribution is -2.24. The summed E-state index contributed by atoms with van der Waals surface area (Å²) in [6.45, 7) is 5.00. The summed E-state index contributed by atoms with van der Waals surface area (Å²) in [6, 6.07) is 5.09. The van der Waals surface area contributed by atoms with Gasteiger partial charge in [0.15, 0.2) is 0 Å². The molecule has 0 saturated carbocycles. The van der Waals surface area contributed by atoms with Gasteiger partial charge in [-0.25, -0.2) is 4.39 Å². The van der Waals surface area contributed by atoms with E-state index in [1.165, 1.54) is 6.07 Å². The molecule has 2 rings (SSSR count). The van der Waals surface area contributed by atoms with E-state index < -0.39 is 0 Å². The average Bonchev–Trinajstić information content (AvgIpc) is 2.79. The normalized spacial score (nSPS) is 12.6. The van der Waals surface area contributed by atoms with Crippen LogP contribution in [0.25, 0.3) is 0 Å². The molecule has 1 heterocycles. The third kappa shape index (κ3) is 4.28. The van der Waals surface area contributed by atoms with E-state index in [2.05, 4.69) is 33.6 Å². The number of benzene rings is 1. The van der Waals surface area contributed by atoms with Crippen LogP contribution >= 0.6 is 38.9 Å². The molecule has 2 aromatic rings. The topological polar surface area (TPSA) is 12.0 Å². The summed E-state index contributed by atoms with van der Waals surface area (Å²) in [4.78, 5) is 1.09. The lowest BCUT2D eigenvalue weighted by molar-refractivity contribution is 0.519. The van der Waals surface area contributed by atoms with E-state index in [4.69, 9.17) is 11.6 Å². The standard InChI is InChI=1S/C16H18BrClFNS/c1-3-6-20-14(16-15(18)10(2)9-21-16)8-11-7-12(17)4-5-13(11)19/h4-5,7,9,14,20H,3,6,8H2,1-2H3. The van der Waals surface area contributed by atoms with Gasteiger partial charge in [-0.15, -0.1) is 11.3 Å². The van der Waals surface area contributed by atoms with Gasteiger partial charge in [0.25, 0.3) is 0 Å². The zero-order chi connectivity index (χ0) is 15.4. The van der Waals surface area contributed by atoms with E-state index in [1.54, 1.807) is 17.4 Å². The molecule has 0 spiro atoms. The molecule has 1 nitrogen and oxygen atoms in total. The molecule has 0 saturated heterocycles. The molecule has 1 atom stereocenters. The Hall–Kier alpha value is -0.420. The summed E-state index contributed by atoms with van der Waals surface area (Å²) >= 11 is 11.4. The van der Waals surface area contributed by atoms with Crippen molar-refractivity contribution in [3.8, 4) is 0 Å². The number of rotatable bonds is 6. The highest BCUT2D eigenvalue weighted by Gasteiger charge is 2.19. The minimum absolute atomic E-state index is 0.0416. The molecule has 0 bridgehead atoms. The highest BCUT2D eigenvalue weighted by molar-refractivity contribution is 9.10. The van der Waals surface area contributed by atoms with Crippen LogP contribution in [0.2, 0.25) is 5.02 Å². The lowest BCUT2D eigenvalue weighted by Gasteiger charge is -2.18. The fourth-order valence-electron chi connectivity index (χ4n) is 2.18. The van der Waals surface area contributed by atoms with Gasteiger partial charge < -0.3 is 5.32 Å². The summed E-state index contributed by atoms with van der Waals surface area (Å²) < 4.78 is 14.9. The van der Waals surface area contributed by atoms with E-state index in [-0.39, 0.29) is 11.9 Å². The molecule has 1 N–H and O–H groups in total. The number of thiophene rings is 1. The van der Waals surface area contributed by atoms with Crippen LogP contribution in [0.5, 0.6) is 0 Å². The van der Waals surface area contributed by atoms with Crippen molar-refractivity contribution in [3.63, 3.8) is 0 Å². The Morgan fingerprint density at radius 2 is 2.19 bits per heavy atom. The first-order chi connectivity index (χ1) is 10.0. The zero-order valence-corrected chi connectivity index (χ0v) is 15.2. The van der Waals surface area contributed by atoms with Crippen LogP contribution in [-0.4, -0.2) is 6.54 Å². The van der Waals surface area contributed by atoms with E-state index >= 15 is 0 Å². The van der Waals surface area contributed by atoms with Gasteiger partial charge in [0, 0.05) is 15.4 Å². The van der Waals surface area contributed by atoms with Gasteiger partial charge in [0.05, 0.1) is 5.02 Å². The van der Waals surface area contributed by atoms with Crippen LogP contribution in [-0.2, 0) is 6.42 Å². The number of nitrogens with one attached hydrogen (secondary N) is 1. The first-order valence-corrected chi connectivity index (χ1v) is 8.98. The first-order valence-electron chi connectivity index (χ1n) is 6.93.